The first-order valence-electron chi connectivity index (χ1n) is 9.24. The van der Waals surface area contributed by atoms with Gasteiger partial charge in [-0.2, -0.15) is 0 Å². The molecule has 0 spiro atoms. The summed E-state index contributed by atoms with van der Waals surface area (Å²) in [5.74, 6) is -0.745. The normalized spacial score (nSPS) is 13.3. The number of aliphatic hydroxyl groups is 1. The van der Waals surface area contributed by atoms with Gasteiger partial charge in [-0.25, -0.2) is 4.79 Å². The fraction of sp³-hybridized carbons (Fsp3) is 0.944. The molecule has 0 saturated heterocycles. The molecule has 0 aliphatic heterocycles. The molecule has 2 N–H and O–H groups in total. The third-order valence-corrected chi connectivity index (χ3v) is 4.43. The largest absolute Gasteiger partial charge is 0.477 e. The third-order valence-electron chi connectivity index (χ3n) is 4.43. The molecule has 0 fully saturated rings. The van der Waals surface area contributed by atoms with Crippen molar-refractivity contribution in [2.45, 2.75) is 84.7 Å². The van der Waals surface area contributed by atoms with E-state index in [9.17, 15) is 15.0 Å². The van der Waals surface area contributed by atoms with E-state index in [0.29, 0.717) is 11.0 Å². The average molecular weight is 317 g/mol. The predicted octanol–water partition coefficient (Wildman–Crippen LogP) is 3.82. The highest BCUT2D eigenvalue weighted by Crippen LogP contribution is 2.16. The van der Waals surface area contributed by atoms with Crippen molar-refractivity contribution in [1.82, 2.24) is 0 Å². The van der Waals surface area contributed by atoms with Gasteiger partial charge in [0.1, 0.15) is 12.6 Å². The Hall–Kier alpha value is -0.610. The number of rotatable bonds is 15. The summed E-state index contributed by atoms with van der Waals surface area (Å²) in [7, 11) is 0. The monoisotopic (exact) mass is 316 g/mol. The summed E-state index contributed by atoms with van der Waals surface area (Å²) in [6, 6.07) is 0. The Kier molecular flexibility index (Phi) is 12.5. The topological polar surface area (TPSA) is 57.5 Å². The van der Waals surface area contributed by atoms with Gasteiger partial charge in [0.2, 0.25) is 0 Å². The summed E-state index contributed by atoms with van der Waals surface area (Å²) in [6.45, 7) is 8.93. The Labute approximate surface area is 137 Å². The van der Waals surface area contributed by atoms with Gasteiger partial charge in [-0.3, -0.25) is 0 Å². The van der Waals surface area contributed by atoms with Gasteiger partial charge in [0.15, 0.2) is 6.54 Å². The van der Waals surface area contributed by atoms with Gasteiger partial charge in [-0.05, 0) is 19.3 Å². The molecule has 0 aliphatic carbocycles. The first kappa shape index (κ1) is 21.4. The zero-order chi connectivity index (χ0) is 16.8. The summed E-state index contributed by atoms with van der Waals surface area (Å²) >= 11 is 0. The minimum Gasteiger partial charge on any atom is -0.477 e. The minimum absolute atomic E-state index is 0.145. The van der Waals surface area contributed by atoms with Gasteiger partial charge in [-0.1, -0.05) is 59.3 Å². The maximum atomic E-state index is 11.3. The van der Waals surface area contributed by atoms with E-state index in [-0.39, 0.29) is 12.6 Å². The van der Waals surface area contributed by atoms with Crippen molar-refractivity contribution in [2.75, 3.05) is 26.2 Å². The van der Waals surface area contributed by atoms with Crippen LogP contribution < -0.4 is 0 Å². The average Bonchev–Trinajstić information content (AvgIpc) is 2.47. The molecule has 0 amide bonds. The number of unbranched alkanes of at least 4 members (excludes halogenated alkanes) is 5. The zero-order valence-corrected chi connectivity index (χ0v) is 15.0. The fourth-order valence-electron chi connectivity index (χ4n) is 3.14. The Morgan fingerprint density at radius 1 is 0.909 bits per heavy atom. The fourth-order valence-corrected chi connectivity index (χ4v) is 3.14. The minimum atomic E-state index is -0.745. The summed E-state index contributed by atoms with van der Waals surface area (Å²) < 4.78 is 0.548. The number of carboxylic acids is 1. The van der Waals surface area contributed by atoms with Crippen LogP contribution in [0.2, 0.25) is 0 Å². The second kappa shape index (κ2) is 12.9. The second-order valence-electron chi connectivity index (χ2n) is 6.73. The van der Waals surface area contributed by atoms with Gasteiger partial charge < -0.3 is 14.7 Å². The van der Waals surface area contributed by atoms with Crippen molar-refractivity contribution in [2.24, 2.45) is 0 Å². The molecular weight excluding hydrogens is 278 g/mol. The standard InChI is InChI=1S/C18H37NO3/c1-4-7-10-11-12-17(20)15-19(13-8-5-2,14-9-6-3)16-18(21)22/h17,20H,4-16H2,1-3H3/p+1. The lowest BCUT2D eigenvalue weighted by Gasteiger charge is -2.39. The van der Waals surface area contributed by atoms with Gasteiger partial charge >= 0.3 is 5.97 Å². The molecule has 0 aromatic heterocycles. The van der Waals surface area contributed by atoms with Crippen molar-refractivity contribution in [3.05, 3.63) is 0 Å². The van der Waals surface area contributed by atoms with Crippen LogP contribution in [0.25, 0.3) is 0 Å². The molecule has 0 aliphatic rings. The highest BCUT2D eigenvalue weighted by molar-refractivity contribution is 5.67. The lowest BCUT2D eigenvalue weighted by molar-refractivity contribution is -0.924. The van der Waals surface area contributed by atoms with Gasteiger partial charge in [0.25, 0.3) is 0 Å². The molecule has 0 heterocycles. The van der Waals surface area contributed by atoms with Crippen LogP contribution in [0.15, 0.2) is 0 Å². The molecule has 1 unspecified atom stereocenters. The van der Waals surface area contributed by atoms with Crippen LogP contribution >= 0.6 is 0 Å². The number of hydrogen-bond donors (Lipinski definition) is 2. The molecule has 0 saturated carbocycles. The van der Waals surface area contributed by atoms with Gasteiger partial charge in [0.05, 0.1) is 13.1 Å². The van der Waals surface area contributed by atoms with E-state index in [1.165, 1.54) is 12.8 Å². The van der Waals surface area contributed by atoms with Crippen LogP contribution in [0.4, 0.5) is 0 Å². The Morgan fingerprint density at radius 2 is 1.45 bits per heavy atom. The first-order chi connectivity index (χ1) is 10.5. The Morgan fingerprint density at radius 3 is 1.91 bits per heavy atom. The van der Waals surface area contributed by atoms with Crippen LogP contribution in [0.3, 0.4) is 0 Å². The number of carbonyl (C=O) groups is 1. The van der Waals surface area contributed by atoms with E-state index in [4.69, 9.17) is 0 Å². The highest BCUT2D eigenvalue weighted by Gasteiger charge is 2.32. The lowest BCUT2D eigenvalue weighted by atomic mass is 10.1. The summed E-state index contributed by atoms with van der Waals surface area (Å²) in [5, 5.41) is 19.7. The molecule has 1 atom stereocenters. The van der Waals surface area contributed by atoms with Crippen LogP contribution in [-0.4, -0.2) is 52.9 Å². The molecule has 22 heavy (non-hydrogen) atoms. The summed E-state index contributed by atoms with van der Waals surface area (Å²) in [6.07, 6.45) is 9.24. The molecule has 0 radical (unpaired) electrons. The van der Waals surface area contributed by atoms with Crippen molar-refractivity contribution in [3.8, 4) is 0 Å². The lowest BCUT2D eigenvalue weighted by Crippen LogP contribution is -2.56. The number of aliphatic hydroxyl groups excluding tert-OH is 1. The van der Waals surface area contributed by atoms with E-state index in [2.05, 4.69) is 20.8 Å². The summed E-state index contributed by atoms with van der Waals surface area (Å²) in [5.41, 5.74) is 0. The maximum Gasteiger partial charge on any atom is 0.359 e. The van der Waals surface area contributed by atoms with Crippen molar-refractivity contribution in [1.29, 1.82) is 0 Å². The van der Waals surface area contributed by atoms with E-state index in [0.717, 1.165) is 58.0 Å². The number of hydrogen-bond acceptors (Lipinski definition) is 2. The van der Waals surface area contributed by atoms with Crippen LogP contribution in [0, 0.1) is 0 Å². The van der Waals surface area contributed by atoms with Gasteiger partial charge in [-0.15, -0.1) is 0 Å². The van der Waals surface area contributed by atoms with Crippen molar-refractivity contribution in [3.63, 3.8) is 0 Å². The SMILES string of the molecule is CCCCCCC(O)C[N+](CCCC)(CCCC)CC(=O)O. The predicted molar refractivity (Wildman–Crippen MR) is 91.9 cm³/mol. The van der Waals surface area contributed by atoms with Crippen molar-refractivity contribution < 1.29 is 19.5 Å². The first-order valence-corrected chi connectivity index (χ1v) is 9.24. The molecule has 0 bridgehead atoms. The Bertz CT molecular complexity index is 274. The molecule has 0 aromatic carbocycles. The molecule has 0 rings (SSSR count). The van der Waals surface area contributed by atoms with Crippen LogP contribution in [0.1, 0.15) is 78.6 Å². The maximum absolute atomic E-state index is 11.3. The Balaban J connectivity index is 4.65. The van der Waals surface area contributed by atoms with E-state index < -0.39 is 5.97 Å². The molecule has 4 heteroatoms. The molecule has 132 valence electrons. The second-order valence-corrected chi connectivity index (χ2v) is 6.73. The number of carboxylic acid groups (broad SMARTS) is 1. The van der Waals surface area contributed by atoms with E-state index in [1.807, 2.05) is 0 Å². The van der Waals surface area contributed by atoms with E-state index >= 15 is 0 Å². The van der Waals surface area contributed by atoms with Crippen LogP contribution in [-0.2, 0) is 4.79 Å². The van der Waals surface area contributed by atoms with E-state index in [1.54, 1.807) is 0 Å². The van der Waals surface area contributed by atoms with Crippen LogP contribution in [0.5, 0.6) is 0 Å². The third kappa shape index (κ3) is 10.2. The molecule has 0 aromatic rings. The quantitative estimate of drug-likeness (QED) is 0.357. The number of nitrogens with zero attached hydrogens (tertiary/aromatic N) is 1. The summed E-state index contributed by atoms with van der Waals surface area (Å²) in [4.78, 5) is 11.3. The number of aliphatic carboxylic acids is 1. The number of quaternary nitrogens is 1. The van der Waals surface area contributed by atoms with Gasteiger partial charge in [0, 0.05) is 0 Å². The molecule has 4 nitrogen and oxygen atoms in total. The van der Waals surface area contributed by atoms with Crippen molar-refractivity contribution >= 4 is 5.97 Å². The molecular formula is C18H38NO3+. The smallest absolute Gasteiger partial charge is 0.359 e. The zero-order valence-electron chi connectivity index (χ0n) is 15.0. The highest BCUT2D eigenvalue weighted by atomic mass is 16.4.